The molecule has 0 unspecified atom stereocenters. The number of hydrogen-bond acceptors (Lipinski definition) is 8. The Hall–Kier alpha value is -3.51. The molecule has 0 aliphatic heterocycles. The van der Waals surface area contributed by atoms with Gasteiger partial charge in [-0.25, -0.2) is 0 Å². The molecule has 0 radical (unpaired) electrons. The molecular weight excluding hydrogens is 380 g/mol. The molecule has 142 valence electrons. The van der Waals surface area contributed by atoms with Crippen molar-refractivity contribution in [3.05, 3.63) is 53.2 Å². The number of ether oxygens (including phenoxy) is 1. The van der Waals surface area contributed by atoms with Gasteiger partial charge in [-0.1, -0.05) is 23.4 Å². The standard InChI is InChI=1S/C19H16N4O4S/c1-12(19(25)21-14-6-3-2-5-13(14)11-20)26-17(24)9-8-16-22-18(23-27-16)15-7-4-10-28-15/h2-7,10,12H,8-9H2,1H3,(H,21,25)/t12-/m0/s1. The van der Waals surface area contributed by atoms with E-state index < -0.39 is 18.0 Å². The van der Waals surface area contributed by atoms with E-state index in [0.29, 0.717) is 23.0 Å². The maximum absolute atomic E-state index is 12.2. The van der Waals surface area contributed by atoms with Crippen LogP contribution in [-0.4, -0.2) is 28.1 Å². The van der Waals surface area contributed by atoms with E-state index in [2.05, 4.69) is 15.5 Å². The predicted molar refractivity (Wildman–Crippen MR) is 101 cm³/mol. The van der Waals surface area contributed by atoms with E-state index in [1.54, 1.807) is 24.3 Å². The fourth-order valence-corrected chi connectivity index (χ4v) is 2.95. The zero-order chi connectivity index (χ0) is 19.9. The van der Waals surface area contributed by atoms with E-state index in [1.807, 2.05) is 23.6 Å². The number of thiophene rings is 1. The first kappa shape index (κ1) is 19.3. The number of nitriles is 1. The molecule has 3 rings (SSSR count). The van der Waals surface area contributed by atoms with Crippen molar-refractivity contribution in [2.75, 3.05) is 5.32 Å². The van der Waals surface area contributed by atoms with Crippen molar-refractivity contribution in [1.82, 2.24) is 10.1 Å². The second-order valence-corrected chi connectivity index (χ2v) is 6.72. The average Bonchev–Trinajstić information content (AvgIpc) is 3.38. The number of benzene rings is 1. The van der Waals surface area contributed by atoms with Gasteiger partial charge in [-0.3, -0.25) is 9.59 Å². The van der Waals surface area contributed by atoms with Gasteiger partial charge in [0.15, 0.2) is 6.10 Å². The van der Waals surface area contributed by atoms with Crippen LogP contribution >= 0.6 is 11.3 Å². The van der Waals surface area contributed by atoms with Crippen LogP contribution in [0.15, 0.2) is 46.3 Å². The number of anilines is 1. The third-order valence-corrected chi connectivity index (χ3v) is 4.60. The Balaban J connectivity index is 1.49. The summed E-state index contributed by atoms with van der Waals surface area (Å²) in [7, 11) is 0. The van der Waals surface area contributed by atoms with Crippen LogP contribution in [0.4, 0.5) is 5.69 Å². The number of carbonyl (C=O) groups is 2. The second-order valence-electron chi connectivity index (χ2n) is 5.77. The van der Waals surface area contributed by atoms with Crippen molar-refractivity contribution in [3.63, 3.8) is 0 Å². The van der Waals surface area contributed by atoms with E-state index in [-0.39, 0.29) is 12.8 Å². The third kappa shape index (κ3) is 4.81. The molecule has 8 nitrogen and oxygen atoms in total. The highest BCUT2D eigenvalue weighted by Crippen LogP contribution is 2.21. The zero-order valence-corrected chi connectivity index (χ0v) is 15.7. The van der Waals surface area contributed by atoms with Gasteiger partial charge in [-0.2, -0.15) is 10.2 Å². The van der Waals surface area contributed by atoms with Crippen LogP contribution in [0.1, 0.15) is 24.8 Å². The van der Waals surface area contributed by atoms with E-state index in [9.17, 15) is 9.59 Å². The topological polar surface area (TPSA) is 118 Å². The molecule has 3 aromatic rings. The number of rotatable bonds is 7. The number of aryl methyl sites for hydroxylation is 1. The van der Waals surface area contributed by atoms with Crippen molar-refractivity contribution in [2.45, 2.75) is 25.9 Å². The van der Waals surface area contributed by atoms with E-state index in [0.717, 1.165) is 4.88 Å². The lowest BCUT2D eigenvalue weighted by Gasteiger charge is -2.13. The lowest BCUT2D eigenvalue weighted by atomic mass is 10.2. The zero-order valence-electron chi connectivity index (χ0n) is 14.9. The molecule has 0 fully saturated rings. The normalized spacial score (nSPS) is 11.4. The Morgan fingerprint density at radius 1 is 1.32 bits per heavy atom. The molecule has 0 aliphatic rings. The summed E-state index contributed by atoms with van der Waals surface area (Å²) in [6, 6.07) is 12.3. The van der Waals surface area contributed by atoms with Crippen molar-refractivity contribution >= 4 is 28.9 Å². The number of aromatic nitrogens is 2. The summed E-state index contributed by atoms with van der Waals surface area (Å²) in [4.78, 5) is 29.3. The smallest absolute Gasteiger partial charge is 0.307 e. The highest BCUT2D eigenvalue weighted by atomic mass is 32.1. The van der Waals surface area contributed by atoms with Crippen molar-refractivity contribution in [3.8, 4) is 16.8 Å². The maximum Gasteiger partial charge on any atom is 0.307 e. The monoisotopic (exact) mass is 396 g/mol. The van der Waals surface area contributed by atoms with Crippen LogP contribution in [0.3, 0.4) is 0 Å². The van der Waals surface area contributed by atoms with Crippen molar-refractivity contribution in [2.24, 2.45) is 0 Å². The van der Waals surface area contributed by atoms with Crippen LogP contribution in [0.5, 0.6) is 0 Å². The summed E-state index contributed by atoms with van der Waals surface area (Å²) in [5.74, 6) is -0.288. The Kier molecular flexibility index (Phi) is 6.14. The molecule has 2 heterocycles. The number of amides is 1. The van der Waals surface area contributed by atoms with E-state index >= 15 is 0 Å². The lowest BCUT2D eigenvalue weighted by Crippen LogP contribution is -2.30. The molecule has 0 spiro atoms. The summed E-state index contributed by atoms with van der Waals surface area (Å²) in [6.45, 7) is 1.46. The number of nitrogens with one attached hydrogen (secondary N) is 1. The third-order valence-electron chi connectivity index (χ3n) is 3.74. The molecule has 9 heteroatoms. The summed E-state index contributed by atoms with van der Waals surface area (Å²) in [5, 5.41) is 17.4. The average molecular weight is 396 g/mol. The minimum absolute atomic E-state index is 0.00151. The fourth-order valence-electron chi connectivity index (χ4n) is 2.30. The van der Waals surface area contributed by atoms with Crippen LogP contribution in [0.2, 0.25) is 0 Å². The molecule has 1 amide bonds. The lowest BCUT2D eigenvalue weighted by molar-refractivity contribution is -0.153. The molecular formula is C19H16N4O4S. The van der Waals surface area contributed by atoms with Gasteiger partial charge in [-0.15, -0.1) is 11.3 Å². The van der Waals surface area contributed by atoms with Gasteiger partial charge in [0.2, 0.25) is 11.7 Å². The first-order chi connectivity index (χ1) is 13.6. The number of esters is 1. The minimum atomic E-state index is -1.01. The number of nitrogens with zero attached hydrogens (tertiary/aromatic N) is 3. The highest BCUT2D eigenvalue weighted by molar-refractivity contribution is 7.13. The molecule has 1 N–H and O–H groups in total. The number of para-hydroxylation sites is 1. The summed E-state index contributed by atoms with van der Waals surface area (Å²) >= 11 is 1.49. The van der Waals surface area contributed by atoms with E-state index in [1.165, 1.54) is 18.3 Å². The summed E-state index contributed by atoms with van der Waals surface area (Å²) in [5.41, 5.74) is 0.692. The summed E-state index contributed by atoms with van der Waals surface area (Å²) < 4.78 is 10.3. The SMILES string of the molecule is C[C@H](OC(=O)CCc1nc(-c2cccs2)no1)C(=O)Nc1ccccc1C#N. The molecule has 0 aliphatic carbocycles. The Bertz CT molecular complexity index is 1010. The molecule has 1 atom stereocenters. The van der Waals surface area contributed by atoms with Gasteiger partial charge >= 0.3 is 5.97 Å². The van der Waals surface area contributed by atoms with Gasteiger partial charge in [0.05, 0.1) is 22.5 Å². The quantitative estimate of drug-likeness (QED) is 0.609. The van der Waals surface area contributed by atoms with Gasteiger partial charge in [0, 0.05) is 6.42 Å². The molecule has 0 saturated carbocycles. The maximum atomic E-state index is 12.2. The molecule has 28 heavy (non-hydrogen) atoms. The van der Waals surface area contributed by atoms with Crippen molar-refractivity contribution in [1.29, 1.82) is 5.26 Å². The molecule has 2 aromatic heterocycles. The van der Waals surface area contributed by atoms with Gasteiger partial charge < -0.3 is 14.6 Å². The van der Waals surface area contributed by atoms with Crippen LogP contribution < -0.4 is 5.32 Å². The van der Waals surface area contributed by atoms with Gasteiger partial charge in [0.25, 0.3) is 5.91 Å². The molecule has 0 bridgehead atoms. The molecule has 0 saturated heterocycles. The Labute approximate surface area is 164 Å². The summed E-state index contributed by atoms with van der Waals surface area (Å²) in [6.07, 6.45) is -0.801. The van der Waals surface area contributed by atoms with E-state index in [4.69, 9.17) is 14.5 Å². The van der Waals surface area contributed by atoms with Crippen LogP contribution in [0, 0.1) is 11.3 Å². The predicted octanol–water partition coefficient (Wildman–Crippen LogP) is 3.17. The molecule has 1 aromatic carbocycles. The Morgan fingerprint density at radius 3 is 2.89 bits per heavy atom. The largest absolute Gasteiger partial charge is 0.453 e. The van der Waals surface area contributed by atoms with Crippen LogP contribution in [-0.2, 0) is 20.7 Å². The fraction of sp³-hybridized carbons (Fsp3) is 0.211. The number of carbonyl (C=O) groups excluding carboxylic acids is 2. The minimum Gasteiger partial charge on any atom is -0.453 e. The number of hydrogen-bond donors (Lipinski definition) is 1. The first-order valence-electron chi connectivity index (χ1n) is 8.42. The Morgan fingerprint density at radius 2 is 2.14 bits per heavy atom. The first-order valence-corrected chi connectivity index (χ1v) is 9.30. The van der Waals surface area contributed by atoms with Crippen LogP contribution in [0.25, 0.3) is 10.7 Å². The van der Waals surface area contributed by atoms with Crippen molar-refractivity contribution < 1.29 is 18.8 Å². The second kappa shape index (κ2) is 8.92. The van der Waals surface area contributed by atoms with Gasteiger partial charge in [0.1, 0.15) is 6.07 Å². The highest BCUT2D eigenvalue weighted by Gasteiger charge is 2.20. The van der Waals surface area contributed by atoms with Gasteiger partial charge in [-0.05, 0) is 30.5 Å².